The van der Waals surface area contributed by atoms with Crippen molar-refractivity contribution >= 4 is 52.0 Å². The monoisotopic (exact) mass is 437 g/mol. The molecule has 7 heteroatoms. The smallest absolute Gasteiger partial charge is 0.363 e. The van der Waals surface area contributed by atoms with Crippen LogP contribution in [0, 0.1) is 5.92 Å². The van der Waals surface area contributed by atoms with Crippen LogP contribution in [-0.2, 0) is 14.0 Å². The summed E-state index contributed by atoms with van der Waals surface area (Å²) in [5, 5.41) is 0. The van der Waals surface area contributed by atoms with E-state index in [0.717, 1.165) is 12.8 Å². The minimum Gasteiger partial charge on any atom is -0.413 e. The van der Waals surface area contributed by atoms with Gasteiger partial charge in [-0.05, 0) is 38.6 Å². The van der Waals surface area contributed by atoms with Crippen molar-refractivity contribution in [2.24, 2.45) is 10.9 Å². The molecule has 0 aromatic carbocycles. The first-order chi connectivity index (χ1) is 9.65. The number of carbonyl (C=O) groups is 1. The van der Waals surface area contributed by atoms with Crippen LogP contribution in [-0.4, -0.2) is 35.9 Å². The van der Waals surface area contributed by atoms with Gasteiger partial charge in [0.1, 0.15) is 5.70 Å². The summed E-state index contributed by atoms with van der Waals surface area (Å²) in [6, 6.07) is 0. The van der Waals surface area contributed by atoms with Crippen molar-refractivity contribution in [2.45, 2.75) is 55.2 Å². The summed E-state index contributed by atoms with van der Waals surface area (Å²) < 4.78 is 11.3. The number of ether oxygens (including phenoxy) is 1. The van der Waals surface area contributed by atoms with Gasteiger partial charge in [0.05, 0.1) is 6.10 Å². The number of nitrogens with zero attached hydrogens (tertiary/aromatic N) is 1. The van der Waals surface area contributed by atoms with Gasteiger partial charge in [0.15, 0.2) is 14.2 Å². The third-order valence-electron chi connectivity index (χ3n) is 3.38. The number of cyclic esters (lactones) is 1. The van der Waals surface area contributed by atoms with Crippen molar-refractivity contribution in [3.8, 4) is 0 Å². The lowest BCUT2D eigenvalue weighted by molar-refractivity contribution is -0.130. The van der Waals surface area contributed by atoms with E-state index in [4.69, 9.17) is 9.16 Å². The molecule has 2 aliphatic rings. The number of hydrogen-bond donors (Lipinski definition) is 0. The summed E-state index contributed by atoms with van der Waals surface area (Å²) in [5.74, 6) is 0.203. The Morgan fingerprint density at radius 3 is 2.52 bits per heavy atom. The molecular formula is C14H21Br2NO3Si. The third kappa shape index (κ3) is 4.74. The first-order valence-electron chi connectivity index (χ1n) is 7.11. The molecule has 118 valence electrons. The van der Waals surface area contributed by atoms with Crippen LogP contribution in [0.1, 0.15) is 19.8 Å². The average Bonchev–Trinajstić information content (AvgIpc) is 2.61. The van der Waals surface area contributed by atoms with Gasteiger partial charge >= 0.3 is 5.97 Å². The van der Waals surface area contributed by atoms with Crippen LogP contribution in [0.5, 0.6) is 0 Å². The van der Waals surface area contributed by atoms with Crippen LogP contribution in [0.25, 0.3) is 0 Å². The van der Waals surface area contributed by atoms with Gasteiger partial charge < -0.3 is 9.16 Å². The molecule has 2 rings (SSSR count). The second kappa shape index (κ2) is 6.64. The van der Waals surface area contributed by atoms with Crippen LogP contribution < -0.4 is 0 Å². The van der Waals surface area contributed by atoms with Crippen molar-refractivity contribution in [3.05, 3.63) is 11.8 Å². The Hall–Kier alpha value is 0.0169. The maximum absolute atomic E-state index is 11.8. The van der Waals surface area contributed by atoms with Gasteiger partial charge in [-0.25, -0.2) is 9.79 Å². The number of halogens is 2. The summed E-state index contributed by atoms with van der Waals surface area (Å²) in [4.78, 5) is 16.6. The molecule has 1 aliphatic carbocycles. The van der Waals surface area contributed by atoms with E-state index < -0.39 is 8.32 Å². The fourth-order valence-corrected chi connectivity index (χ4v) is 6.28. The molecule has 21 heavy (non-hydrogen) atoms. The first-order valence-corrected chi connectivity index (χ1v) is 12.3. The summed E-state index contributed by atoms with van der Waals surface area (Å²) in [6.07, 6.45) is 3.94. The highest BCUT2D eigenvalue weighted by Crippen LogP contribution is 2.38. The Balaban J connectivity index is 2.24. The van der Waals surface area contributed by atoms with E-state index in [1.54, 1.807) is 6.92 Å². The molecular weight excluding hydrogens is 418 g/mol. The maximum Gasteiger partial charge on any atom is 0.363 e. The van der Waals surface area contributed by atoms with Gasteiger partial charge in [-0.2, -0.15) is 0 Å². The largest absolute Gasteiger partial charge is 0.413 e. The van der Waals surface area contributed by atoms with Gasteiger partial charge in [-0.1, -0.05) is 31.9 Å². The van der Waals surface area contributed by atoms with E-state index in [1.807, 2.05) is 6.08 Å². The van der Waals surface area contributed by atoms with Gasteiger partial charge in [-0.3, -0.25) is 0 Å². The molecule has 0 spiro atoms. The van der Waals surface area contributed by atoms with E-state index in [9.17, 15) is 4.79 Å². The molecule has 1 heterocycles. The number of rotatable bonds is 3. The van der Waals surface area contributed by atoms with Crippen molar-refractivity contribution in [1.82, 2.24) is 0 Å². The van der Waals surface area contributed by atoms with E-state index in [1.165, 1.54) is 0 Å². The normalized spacial score (nSPS) is 35.8. The second-order valence-electron chi connectivity index (χ2n) is 6.52. The molecule has 0 radical (unpaired) electrons. The van der Waals surface area contributed by atoms with Crippen LogP contribution in [0.3, 0.4) is 0 Å². The first kappa shape index (κ1) is 17.4. The molecule has 0 bridgehead atoms. The Kier molecular flexibility index (Phi) is 5.49. The Morgan fingerprint density at radius 1 is 1.33 bits per heavy atom. The lowest BCUT2D eigenvalue weighted by Crippen LogP contribution is -2.45. The minimum absolute atomic E-state index is 0.0712. The fourth-order valence-electron chi connectivity index (χ4n) is 2.64. The molecule has 0 saturated heterocycles. The number of esters is 1. The third-order valence-corrected chi connectivity index (χ3v) is 6.00. The second-order valence-corrected chi connectivity index (χ2v) is 13.4. The van der Waals surface area contributed by atoms with E-state index in [2.05, 4.69) is 56.5 Å². The average molecular weight is 439 g/mol. The highest BCUT2D eigenvalue weighted by Gasteiger charge is 2.39. The predicted molar refractivity (Wildman–Crippen MR) is 93.7 cm³/mol. The standard InChI is InChI=1S/C14H21Br2NO3Si/c1-8-17-12(14(18)19-8)6-9-5-10(15)7-11(16)13(9)20-21(2,3)4/h6,9-11,13H,5,7H2,1-4H3/b12-6-. The predicted octanol–water partition coefficient (Wildman–Crippen LogP) is 4.00. The molecule has 1 saturated carbocycles. The van der Waals surface area contributed by atoms with Crippen molar-refractivity contribution in [1.29, 1.82) is 0 Å². The van der Waals surface area contributed by atoms with Crippen molar-refractivity contribution < 1.29 is 14.0 Å². The summed E-state index contributed by atoms with van der Waals surface area (Å²) in [7, 11) is -1.66. The topological polar surface area (TPSA) is 47.9 Å². The molecule has 0 N–H and O–H groups in total. The van der Waals surface area contributed by atoms with Crippen LogP contribution in [0.4, 0.5) is 0 Å². The lowest BCUT2D eigenvalue weighted by atomic mass is 9.85. The zero-order valence-corrected chi connectivity index (χ0v) is 16.9. The van der Waals surface area contributed by atoms with Crippen molar-refractivity contribution in [2.75, 3.05) is 0 Å². The zero-order chi connectivity index (χ0) is 15.8. The Labute approximate surface area is 143 Å². The molecule has 0 aromatic rings. The number of hydrogen-bond acceptors (Lipinski definition) is 4. The van der Waals surface area contributed by atoms with Gasteiger partial charge in [-0.15, -0.1) is 0 Å². The van der Waals surface area contributed by atoms with E-state index >= 15 is 0 Å². The molecule has 4 atom stereocenters. The maximum atomic E-state index is 11.8. The number of aliphatic imine (C=N–C) groups is 1. The summed E-state index contributed by atoms with van der Waals surface area (Å²) in [5.41, 5.74) is 0.406. The van der Waals surface area contributed by atoms with Gasteiger partial charge in [0.25, 0.3) is 0 Å². The molecule has 1 fully saturated rings. The lowest BCUT2D eigenvalue weighted by Gasteiger charge is -2.40. The van der Waals surface area contributed by atoms with Crippen LogP contribution in [0.2, 0.25) is 19.6 Å². The van der Waals surface area contributed by atoms with Gasteiger partial charge in [0, 0.05) is 22.5 Å². The highest BCUT2D eigenvalue weighted by atomic mass is 79.9. The van der Waals surface area contributed by atoms with Crippen molar-refractivity contribution in [3.63, 3.8) is 0 Å². The number of carbonyl (C=O) groups excluding carboxylic acids is 1. The van der Waals surface area contributed by atoms with E-state index in [-0.39, 0.29) is 22.8 Å². The Bertz CT molecular complexity index is 487. The van der Waals surface area contributed by atoms with E-state index in [0.29, 0.717) is 16.4 Å². The molecule has 1 aliphatic heterocycles. The number of alkyl halides is 2. The van der Waals surface area contributed by atoms with Crippen LogP contribution in [0.15, 0.2) is 16.8 Å². The van der Waals surface area contributed by atoms with Crippen LogP contribution >= 0.6 is 31.9 Å². The SMILES string of the molecule is CC1=N/C(=C\C2CC(Br)CC(Br)C2O[Si](C)(C)C)C(=O)O1. The highest BCUT2D eigenvalue weighted by molar-refractivity contribution is 9.10. The van der Waals surface area contributed by atoms with Gasteiger partial charge in [0.2, 0.25) is 0 Å². The fraction of sp³-hybridized carbons (Fsp3) is 0.714. The molecule has 0 aromatic heterocycles. The summed E-state index contributed by atoms with van der Waals surface area (Å²) >= 11 is 7.45. The molecule has 0 amide bonds. The quantitative estimate of drug-likeness (QED) is 0.289. The zero-order valence-electron chi connectivity index (χ0n) is 12.7. The minimum atomic E-state index is -1.66. The molecule has 4 unspecified atom stereocenters. The molecule has 4 nitrogen and oxygen atoms in total. The Morgan fingerprint density at radius 2 is 2.00 bits per heavy atom. The summed E-state index contributed by atoms with van der Waals surface area (Å²) in [6.45, 7) is 8.24.